The van der Waals surface area contributed by atoms with E-state index in [0.29, 0.717) is 30.2 Å². The number of carbonyl (C=O) groups excluding carboxylic acids is 3. The highest BCUT2D eigenvalue weighted by atomic mass is 19.1. The summed E-state index contributed by atoms with van der Waals surface area (Å²) in [5.41, 5.74) is 7.16. The van der Waals surface area contributed by atoms with E-state index < -0.39 is 6.04 Å². The van der Waals surface area contributed by atoms with Gasteiger partial charge in [-0.2, -0.15) is 0 Å². The molecule has 3 aromatic rings. The quantitative estimate of drug-likeness (QED) is 0.304. The molecule has 9 nitrogen and oxygen atoms in total. The van der Waals surface area contributed by atoms with Crippen LogP contribution in [0.4, 0.5) is 15.8 Å². The van der Waals surface area contributed by atoms with Gasteiger partial charge in [0.2, 0.25) is 11.8 Å². The molecule has 1 spiro atoms. The molecular formula is C43H50FN5O4. The molecule has 1 unspecified atom stereocenters. The molecule has 278 valence electrons. The van der Waals surface area contributed by atoms with Gasteiger partial charge >= 0.3 is 0 Å². The number of phenols is 1. The summed E-state index contributed by atoms with van der Waals surface area (Å²) in [6.07, 6.45) is 9.65. The maximum Gasteiger partial charge on any atom is 0.255 e. The summed E-state index contributed by atoms with van der Waals surface area (Å²) in [6, 6.07) is 17.2. The Bertz CT molecular complexity index is 1930. The molecule has 4 fully saturated rings. The summed E-state index contributed by atoms with van der Waals surface area (Å²) in [5, 5.41) is 12.6. The van der Waals surface area contributed by atoms with Crippen LogP contribution in [0.1, 0.15) is 96.3 Å². The van der Waals surface area contributed by atoms with Crippen LogP contribution in [0, 0.1) is 17.2 Å². The maximum atomic E-state index is 16.0. The molecule has 2 N–H and O–H groups in total. The van der Waals surface area contributed by atoms with Gasteiger partial charge in [0.25, 0.3) is 5.91 Å². The summed E-state index contributed by atoms with van der Waals surface area (Å²) in [6.45, 7) is 6.94. The summed E-state index contributed by atoms with van der Waals surface area (Å²) in [4.78, 5) is 46.0. The third-order valence-corrected chi connectivity index (χ3v) is 13.6. The predicted molar refractivity (Wildman–Crippen MR) is 202 cm³/mol. The Hall–Kier alpha value is -4.44. The Morgan fingerprint density at radius 2 is 1.58 bits per heavy atom. The van der Waals surface area contributed by atoms with Crippen molar-refractivity contribution in [1.29, 1.82) is 0 Å². The number of aryl methyl sites for hydroxylation is 1. The highest BCUT2D eigenvalue weighted by molar-refractivity contribution is 6.05. The zero-order chi connectivity index (χ0) is 36.3. The van der Waals surface area contributed by atoms with Gasteiger partial charge < -0.3 is 19.8 Å². The van der Waals surface area contributed by atoms with E-state index in [1.165, 1.54) is 36.8 Å². The van der Waals surface area contributed by atoms with E-state index >= 15 is 4.39 Å². The molecule has 2 aliphatic carbocycles. The fourth-order valence-corrected chi connectivity index (χ4v) is 10.7. The van der Waals surface area contributed by atoms with E-state index in [1.54, 1.807) is 11.0 Å². The van der Waals surface area contributed by atoms with Crippen LogP contribution in [0.3, 0.4) is 0 Å². The van der Waals surface area contributed by atoms with Gasteiger partial charge in [-0.1, -0.05) is 25.0 Å². The van der Waals surface area contributed by atoms with E-state index in [0.717, 1.165) is 94.0 Å². The maximum absolute atomic E-state index is 16.0. The molecule has 0 bridgehead atoms. The minimum Gasteiger partial charge on any atom is -0.508 e. The fourth-order valence-electron chi connectivity index (χ4n) is 10.7. The summed E-state index contributed by atoms with van der Waals surface area (Å²) in [7, 11) is 0. The van der Waals surface area contributed by atoms with Crippen molar-refractivity contribution in [1.82, 2.24) is 15.1 Å². The minimum absolute atomic E-state index is 0.115. The third-order valence-electron chi connectivity index (χ3n) is 13.6. The lowest BCUT2D eigenvalue weighted by Gasteiger charge is -2.43. The molecule has 3 saturated heterocycles. The number of halogens is 1. The number of hydrogen-bond donors (Lipinski definition) is 2. The minimum atomic E-state index is -0.599. The van der Waals surface area contributed by atoms with Crippen molar-refractivity contribution in [3.8, 4) is 5.75 Å². The lowest BCUT2D eigenvalue weighted by Crippen LogP contribution is -2.52. The number of phenolic OH excluding ortho intramolecular Hbond substituents is 1. The number of piperazine rings is 1. The van der Waals surface area contributed by atoms with E-state index in [9.17, 15) is 19.5 Å². The first-order valence-corrected chi connectivity index (χ1v) is 19.9. The van der Waals surface area contributed by atoms with Gasteiger partial charge in [0, 0.05) is 75.9 Å². The van der Waals surface area contributed by atoms with Crippen LogP contribution < -0.4 is 15.1 Å². The number of piperidine rings is 2. The Labute approximate surface area is 311 Å². The molecule has 10 heteroatoms. The molecule has 4 heterocycles. The van der Waals surface area contributed by atoms with Crippen molar-refractivity contribution in [3.63, 3.8) is 0 Å². The number of hydrogen-bond acceptors (Lipinski definition) is 7. The summed E-state index contributed by atoms with van der Waals surface area (Å²) in [5.74, 6) is 0.161. The molecule has 0 aromatic heterocycles. The van der Waals surface area contributed by atoms with Gasteiger partial charge in [-0.3, -0.25) is 24.6 Å². The predicted octanol–water partition coefficient (Wildman–Crippen LogP) is 5.97. The van der Waals surface area contributed by atoms with Crippen LogP contribution in [0.25, 0.3) is 0 Å². The normalized spacial score (nSPS) is 24.8. The Balaban J connectivity index is 0.787. The summed E-state index contributed by atoms with van der Waals surface area (Å²) >= 11 is 0. The average molecular weight is 720 g/mol. The number of nitrogens with one attached hydrogen (secondary N) is 1. The van der Waals surface area contributed by atoms with Gasteiger partial charge in [-0.25, -0.2) is 4.39 Å². The number of carbonyl (C=O) groups is 3. The molecule has 53 heavy (non-hydrogen) atoms. The van der Waals surface area contributed by atoms with Gasteiger partial charge in [0.1, 0.15) is 17.6 Å². The molecule has 3 amide bonds. The van der Waals surface area contributed by atoms with E-state index in [-0.39, 0.29) is 41.3 Å². The number of imide groups is 1. The van der Waals surface area contributed by atoms with Crippen LogP contribution >= 0.6 is 0 Å². The largest absolute Gasteiger partial charge is 0.508 e. The number of fused-ring (bicyclic) bond motifs is 2. The standard InChI is InChI=1S/C43H50FN5O4/c44-36-25-30(40-34-7-5-33(50)24-29(34)11-16-43(40)14-1-2-15-43)3-8-37(36)48-17-12-28(13-18-48)26-46-19-21-47(22-20-46)32-4-6-35-31(23-32)27-49(42(35)53)38-9-10-39(51)45-41(38)52/h3-8,23-25,28,38,40,50H,1-2,9-22,26-27H2,(H,45,51,52)/t38?,40-/m0/s1. The number of rotatable bonds is 6. The Morgan fingerprint density at radius 3 is 2.34 bits per heavy atom. The second-order valence-electron chi connectivity index (χ2n) is 16.6. The van der Waals surface area contributed by atoms with Crippen molar-refractivity contribution in [2.45, 2.75) is 82.7 Å². The van der Waals surface area contributed by atoms with Crippen LogP contribution in [-0.4, -0.2) is 84.5 Å². The van der Waals surface area contributed by atoms with Gasteiger partial charge in [0.15, 0.2) is 0 Å². The molecule has 4 aliphatic heterocycles. The first kappa shape index (κ1) is 34.3. The SMILES string of the molecule is O=C1CCC(N2Cc3cc(N4CCN(CC5CCN(c6ccc([C@H]7c8ccc(O)cc8CCC78CCCC8)cc6F)CC5)CC4)ccc3C2=O)C(=O)N1. The molecule has 3 aromatic carbocycles. The lowest BCUT2D eigenvalue weighted by molar-refractivity contribution is -0.136. The average Bonchev–Trinajstić information content (AvgIpc) is 3.76. The molecule has 0 radical (unpaired) electrons. The number of nitrogens with zero attached hydrogens (tertiary/aromatic N) is 4. The number of anilines is 2. The highest BCUT2D eigenvalue weighted by Gasteiger charge is 2.46. The van der Waals surface area contributed by atoms with Gasteiger partial charge in [-0.15, -0.1) is 0 Å². The van der Waals surface area contributed by atoms with Crippen molar-refractivity contribution in [3.05, 3.63) is 88.2 Å². The van der Waals surface area contributed by atoms with Crippen LogP contribution in [0.15, 0.2) is 54.6 Å². The zero-order valence-electron chi connectivity index (χ0n) is 30.5. The van der Waals surface area contributed by atoms with Crippen LogP contribution in [-0.2, 0) is 22.6 Å². The first-order chi connectivity index (χ1) is 25.7. The monoisotopic (exact) mass is 719 g/mol. The second-order valence-corrected chi connectivity index (χ2v) is 16.6. The smallest absolute Gasteiger partial charge is 0.255 e. The number of aromatic hydroxyl groups is 1. The lowest BCUT2D eigenvalue weighted by atomic mass is 9.60. The van der Waals surface area contributed by atoms with Crippen molar-refractivity contribution in [2.24, 2.45) is 11.3 Å². The van der Waals surface area contributed by atoms with Crippen molar-refractivity contribution >= 4 is 29.1 Å². The number of benzene rings is 3. The van der Waals surface area contributed by atoms with Gasteiger partial charge in [0.05, 0.1) is 5.69 Å². The van der Waals surface area contributed by atoms with Gasteiger partial charge in [-0.05, 0) is 121 Å². The van der Waals surface area contributed by atoms with E-state index in [2.05, 4.69) is 38.2 Å². The molecular weight excluding hydrogens is 670 g/mol. The van der Waals surface area contributed by atoms with E-state index in [1.807, 2.05) is 30.3 Å². The zero-order valence-corrected chi connectivity index (χ0v) is 30.5. The molecule has 2 atom stereocenters. The van der Waals surface area contributed by atoms with Crippen molar-refractivity contribution < 1.29 is 23.9 Å². The highest BCUT2D eigenvalue weighted by Crippen LogP contribution is 2.58. The van der Waals surface area contributed by atoms with Crippen molar-refractivity contribution in [2.75, 3.05) is 55.6 Å². The summed E-state index contributed by atoms with van der Waals surface area (Å²) < 4.78 is 16.0. The Kier molecular flexibility index (Phi) is 8.91. The van der Waals surface area contributed by atoms with E-state index in [4.69, 9.17) is 0 Å². The first-order valence-electron chi connectivity index (χ1n) is 19.9. The number of amides is 3. The topological polar surface area (TPSA) is 96.4 Å². The molecule has 1 saturated carbocycles. The molecule has 6 aliphatic rings. The fraction of sp³-hybridized carbons (Fsp3) is 0.512. The third kappa shape index (κ3) is 6.36. The van der Waals surface area contributed by atoms with Crippen LogP contribution in [0.5, 0.6) is 5.75 Å². The Morgan fingerprint density at radius 1 is 0.792 bits per heavy atom. The molecule has 9 rings (SSSR count). The second kappa shape index (κ2) is 13.8. The van der Waals surface area contributed by atoms with Crippen LogP contribution in [0.2, 0.25) is 0 Å².